The molecular formula is C19H25N3O2. The lowest BCUT2D eigenvalue weighted by Gasteiger charge is -2.24. The molecule has 2 aromatic rings. The smallest absolute Gasteiger partial charge is 0.132 e. The zero-order valence-electron chi connectivity index (χ0n) is 14.4. The highest BCUT2D eigenvalue weighted by Crippen LogP contribution is 2.25. The Bertz CT molecular complexity index is 639. The van der Waals surface area contributed by atoms with E-state index in [1.165, 1.54) is 11.1 Å². The number of hydrogen-bond acceptors (Lipinski definition) is 5. The first-order valence-electron chi connectivity index (χ1n) is 8.45. The number of nitrogens with zero attached hydrogens (tertiary/aromatic N) is 3. The van der Waals surface area contributed by atoms with Crippen molar-refractivity contribution in [3.05, 3.63) is 53.5 Å². The summed E-state index contributed by atoms with van der Waals surface area (Å²) < 4.78 is 10.8. The number of methoxy groups -OCH3 is 1. The summed E-state index contributed by atoms with van der Waals surface area (Å²) in [6.45, 7) is 5.95. The lowest BCUT2D eigenvalue weighted by molar-refractivity contribution is 0.193. The summed E-state index contributed by atoms with van der Waals surface area (Å²) in [5.74, 6) is 1.33. The largest absolute Gasteiger partial charge is 0.383 e. The van der Waals surface area contributed by atoms with Crippen LogP contribution in [0.3, 0.4) is 0 Å². The minimum absolute atomic E-state index is 0.385. The van der Waals surface area contributed by atoms with Crippen molar-refractivity contribution in [2.24, 2.45) is 0 Å². The molecule has 0 unspecified atom stereocenters. The van der Waals surface area contributed by atoms with Crippen molar-refractivity contribution in [2.75, 3.05) is 38.4 Å². The Morgan fingerprint density at radius 3 is 2.79 bits per heavy atom. The van der Waals surface area contributed by atoms with Crippen LogP contribution in [0.4, 0.5) is 5.82 Å². The molecule has 5 heteroatoms. The first kappa shape index (κ1) is 16.9. The average molecular weight is 327 g/mol. The van der Waals surface area contributed by atoms with Crippen LogP contribution in [0.2, 0.25) is 0 Å². The summed E-state index contributed by atoms with van der Waals surface area (Å²) in [7, 11) is 1.73. The van der Waals surface area contributed by atoms with Crippen LogP contribution in [0.25, 0.3) is 0 Å². The number of hydrogen-bond donors (Lipinski definition) is 0. The molecule has 0 amide bonds. The van der Waals surface area contributed by atoms with E-state index in [0.29, 0.717) is 12.5 Å². The highest BCUT2D eigenvalue weighted by molar-refractivity contribution is 5.41. The van der Waals surface area contributed by atoms with Crippen molar-refractivity contribution in [3.8, 4) is 0 Å². The van der Waals surface area contributed by atoms with E-state index >= 15 is 0 Å². The number of aryl methyl sites for hydroxylation is 1. The van der Waals surface area contributed by atoms with Gasteiger partial charge < -0.3 is 14.4 Å². The maximum absolute atomic E-state index is 5.49. The van der Waals surface area contributed by atoms with E-state index < -0.39 is 0 Å². The van der Waals surface area contributed by atoms with Gasteiger partial charge in [-0.2, -0.15) is 0 Å². The monoisotopic (exact) mass is 327 g/mol. The van der Waals surface area contributed by atoms with Gasteiger partial charge in [-0.3, -0.25) is 0 Å². The van der Waals surface area contributed by atoms with Crippen LogP contribution in [-0.4, -0.2) is 43.4 Å². The van der Waals surface area contributed by atoms with Crippen molar-refractivity contribution in [1.82, 2.24) is 9.97 Å². The van der Waals surface area contributed by atoms with Crippen molar-refractivity contribution in [3.63, 3.8) is 0 Å². The number of rotatable bonds is 7. The van der Waals surface area contributed by atoms with Crippen LogP contribution >= 0.6 is 0 Å². The van der Waals surface area contributed by atoms with Crippen molar-refractivity contribution >= 4 is 5.82 Å². The molecule has 1 aromatic carbocycles. The fourth-order valence-electron chi connectivity index (χ4n) is 2.92. The lowest BCUT2D eigenvalue weighted by Crippen LogP contribution is -2.28. The highest BCUT2D eigenvalue weighted by atomic mass is 16.5. The minimum Gasteiger partial charge on any atom is -0.383 e. The Kier molecular flexibility index (Phi) is 5.77. The van der Waals surface area contributed by atoms with Crippen LogP contribution in [0.15, 0.2) is 36.7 Å². The predicted molar refractivity (Wildman–Crippen MR) is 94.3 cm³/mol. The fraction of sp³-hybridized carbons (Fsp3) is 0.474. The molecule has 0 spiro atoms. The lowest BCUT2D eigenvalue weighted by atomic mass is 10.0. The number of benzene rings is 1. The maximum atomic E-state index is 5.49. The SMILES string of the molecule is COCCN(Cc1ccc(C)cc1)c1cc([C@H]2CCOC2)ncn1. The molecule has 0 aliphatic carbocycles. The maximum Gasteiger partial charge on any atom is 0.132 e. The first-order valence-corrected chi connectivity index (χ1v) is 8.45. The second-order valence-corrected chi connectivity index (χ2v) is 6.26. The second kappa shape index (κ2) is 8.22. The minimum atomic E-state index is 0.385. The number of ether oxygens (including phenoxy) is 2. The molecule has 128 valence electrons. The molecular weight excluding hydrogens is 302 g/mol. The zero-order chi connectivity index (χ0) is 16.8. The first-order chi connectivity index (χ1) is 11.8. The van der Waals surface area contributed by atoms with Gasteiger partial charge in [0.15, 0.2) is 0 Å². The van der Waals surface area contributed by atoms with Crippen LogP contribution in [0.5, 0.6) is 0 Å². The van der Waals surface area contributed by atoms with Gasteiger partial charge in [0.25, 0.3) is 0 Å². The summed E-state index contributed by atoms with van der Waals surface area (Å²) in [5, 5.41) is 0. The zero-order valence-corrected chi connectivity index (χ0v) is 14.4. The van der Waals surface area contributed by atoms with Crippen molar-refractivity contribution in [1.29, 1.82) is 0 Å². The molecule has 3 rings (SSSR count). The van der Waals surface area contributed by atoms with Gasteiger partial charge in [-0.1, -0.05) is 29.8 Å². The topological polar surface area (TPSA) is 47.5 Å². The third-order valence-electron chi connectivity index (χ3n) is 4.41. The molecule has 1 saturated heterocycles. The summed E-state index contributed by atoms with van der Waals surface area (Å²) in [6.07, 6.45) is 2.70. The highest BCUT2D eigenvalue weighted by Gasteiger charge is 2.20. The molecule has 1 aromatic heterocycles. The van der Waals surface area contributed by atoms with Gasteiger partial charge in [0.05, 0.1) is 18.9 Å². The summed E-state index contributed by atoms with van der Waals surface area (Å²) in [4.78, 5) is 11.2. The predicted octanol–water partition coefficient (Wildman–Crippen LogP) is 2.94. The molecule has 5 nitrogen and oxygen atoms in total. The van der Waals surface area contributed by atoms with Crippen molar-refractivity contribution < 1.29 is 9.47 Å². The molecule has 24 heavy (non-hydrogen) atoms. The normalized spacial score (nSPS) is 17.2. The molecule has 1 atom stereocenters. The third kappa shape index (κ3) is 4.30. The molecule has 1 aliphatic rings. The molecule has 1 aliphatic heterocycles. The van der Waals surface area contributed by atoms with Crippen LogP contribution in [0.1, 0.15) is 29.2 Å². The second-order valence-electron chi connectivity index (χ2n) is 6.26. The van der Waals surface area contributed by atoms with Crippen molar-refractivity contribution in [2.45, 2.75) is 25.8 Å². The molecule has 2 heterocycles. The Balaban J connectivity index is 1.79. The van der Waals surface area contributed by atoms with E-state index in [2.05, 4.69) is 52.1 Å². The fourth-order valence-corrected chi connectivity index (χ4v) is 2.92. The van der Waals surface area contributed by atoms with Gasteiger partial charge in [0, 0.05) is 38.8 Å². The van der Waals surface area contributed by atoms with E-state index in [4.69, 9.17) is 9.47 Å². The number of anilines is 1. The van der Waals surface area contributed by atoms with E-state index in [1.807, 2.05) is 0 Å². The Morgan fingerprint density at radius 2 is 2.08 bits per heavy atom. The van der Waals surface area contributed by atoms with Crippen LogP contribution in [-0.2, 0) is 16.0 Å². The van der Waals surface area contributed by atoms with E-state index in [-0.39, 0.29) is 0 Å². The number of aromatic nitrogens is 2. The molecule has 0 saturated carbocycles. The van der Waals surface area contributed by atoms with E-state index in [0.717, 1.165) is 44.2 Å². The summed E-state index contributed by atoms with van der Waals surface area (Å²) >= 11 is 0. The average Bonchev–Trinajstić information content (AvgIpc) is 3.15. The van der Waals surface area contributed by atoms with Crippen LogP contribution < -0.4 is 4.90 Å². The van der Waals surface area contributed by atoms with Gasteiger partial charge in [0.2, 0.25) is 0 Å². The summed E-state index contributed by atoms with van der Waals surface area (Å²) in [5.41, 5.74) is 3.61. The Morgan fingerprint density at radius 1 is 1.25 bits per heavy atom. The molecule has 0 radical (unpaired) electrons. The Hall–Kier alpha value is -1.98. The quantitative estimate of drug-likeness (QED) is 0.782. The van der Waals surface area contributed by atoms with Gasteiger partial charge in [-0.25, -0.2) is 9.97 Å². The molecule has 0 N–H and O–H groups in total. The van der Waals surface area contributed by atoms with Gasteiger partial charge in [-0.15, -0.1) is 0 Å². The van der Waals surface area contributed by atoms with E-state index in [1.54, 1.807) is 13.4 Å². The summed E-state index contributed by atoms with van der Waals surface area (Å²) in [6, 6.07) is 10.7. The van der Waals surface area contributed by atoms with Gasteiger partial charge >= 0.3 is 0 Å². The van der Waals surface area contributed by atoms with E-state index in [9.17, 15) is 0 Å². The third-order valence-corrected chi connectivity index (χ3v) is 4.41. The molecule has 0 bridgehead atoms. The van der Waals surface area contributed by atoms with Gasteiger partial charge in [-0.05, 0) is 18.9 Å². The standard InChI is InChI=1S/C19H25N3O2/c1-15-3-5-16(6-4-15)12-22(8-10-23-2)19-11-18(20-14-21-19)17-7-9-24-13-17/h3-6,11,14,17H,7-10,12-13H2,1-2H3/t17-/m0/s1. The van der Waals surface area contributed by atoms with Gasteiger partial charge in [0.1, 0.15) is 12.1 Å². The molecule has 1 fully saturated rings. The Labute approximate surface area is 143 Å². The van der Waals surface area contributed by atoms with Crippen LogP contribution in [0, 0.1) is 6.92 Å².